The lowest BCUT2D eigenvalue weighted by Crippen LogP contribution is -2.15. The van der Waals surface area contributed by atoms with Crippen LogP contribution in [0.25, 0.3) is 0 Å². The molecule has 0 aromatic rings. The van der Waals surface area contributed by atoms with Crippen LogP contribution in [0.5, 0.6) is 0 Å². The highest BCUT2D eigenvalue weighted by Crippen LogP contribution is 2.19. The second-order valence-corrected chi connectivity index (χ2v) is 4.59. The number of aliphatic carboxylic acids is 1. The van der Waals surface area contributed by atoms with Gasteiger partial charge in [0.05, 0.1) is 5.92 Å². The van der Waals surface area contributed by atoms with Crippen LogP contribution in [0.4, 0.5) is 0 Å². The van der Waals surface area contributed by atoms with Crippen LogP contribution >= 0.6 is 0 Å². The first kappa shape index (κ1) is 14.2. The lowest BCUT2D eigenvalue weighted by Gasteiger charge is -2.14. The summed E-state index contributed by atoms with van der Waals surface area (Å²) in [7, 11) is 0. The number of unbranched alkanes of at least 4 members (excludes halogenated alkanes) is 3. The highest BCUT2D eigenvalue weighted by molar-refractivity contribution is 5.69. The average molecular weight is 212 g/mol. The zero-order valence-corrected chi connectivity index (χ0v) is 10.0. The van der Waals surface area contributed by atoms with Gasteiger partial charge in [0.2, 0.25) is 0 Å². The Kier molecular flexibility index (Phi) is 8.06. The van der Waals surface area contributed by atoms with E-state index in [1.54, 1.807) is 0 Å². The molecule has 15 heavy (non-hydrogen) atoms. The highest BCUT2D eigenvalue weighted by atomic mass is 16.4. The van der Waals surface area contributed by atoms with Crippen LogP contribution in [-0.2, 0) is 4.79 Å². The third-order valence-electron chi connectivity index (χ3n) is 2.57. The molecule has 0 heterocycles. The van der Waals surface area contributed by atoms with E-state index in [1.165, 1.54) is 0 Å². The fraction of sp³-hybridized carbons (Fsp3) is 0.769. The van der Waals surface area contributed by atoms with Crippen LogP contribution in [0.2, 0.25) is 0 Å². The molecule has 0 saturated heterocycles. The molecule has 0 bridgehead atoms. The predicted octanol–water partition coefficient (Wildman–Crippen LogP) is 3.87. The summed E-state index contributed by atoms with van der Waals surface area (Å²) in [6.07, 6.45) is 7.87. The van der Waals surface area contributed by atoms with Gasteiger partial charge in [-0.2, -0.15) is 0 Å². The van der Waals surface area contributed by atoms with Gasteiger partial charge in [-0.15, -0.1) is 6.58 Å². The summed E-state index contributed by atoms with van der Waals surface area (Å²) in [5.41, 5.74) is 0. The molecule has 88 valence electrons. The molecule has 1 atom stereocenters. The van der Waals surface area contributed by atoms with Gasteiger partial charge in [0.15, 0.2) is 0 Å². The molecule has 1 N–H and O–H groups in total. The van der Waals surface area contributed by atoms with Gasteiger partial charge in [-0.05, 0) is 31.6 Å². The maximum atomic E-state index is 10.9. The Morgan fingerprint density at radius 2 is 2.00 bits per heavy atom. The summed E-state index contributed by atoms with van der Waals surface area (Å²) in [5, 5.41) is 9.01. The molecule has 0 saturated carbocycles. The number of rotatable bonds is 9. The molecule has 0 radical (unpaired) electrons. The fourth-order valence-corrected chi connectivity index (χ4v) is 1.77. The molecule has 0 aliphatic carbocycles. The zero-order valence-electron chi connectivity index (χ0n) is 10.0. The summed E-state index contributed by atoms with van der Waals surface area (Å²) < 4.78 is 0. The summed E-state index contributed by atoms with van der Waals surface area (Å²) in [6, 6.07) is 0. The summed E-state index contributed by atoms with van der Waals surface area (Å²) in [4.78, 5) is 10.9. The van der Waals surface area contributed by atoms with Crippen molar-refractivity contribution in [2.45, 2.75) is 52.4 Å². The van der Waals surface area contributed by atoms with E-state index in [9.17, 15) is 4.79 Å². The van der Waals surface area contributed by atoms with Gasteiger partial charge in [-0.25, -0.2) is 0 Å². The molecule has 0 aliphatic rings. The zero-order chi connectivity index (χ0) is 11.7. The number of allylic oxidation sites excluding steroid dienone is 1. The van der Waals surface area contributed by atoms with Gasteiger partial charge >= 0.3 is 5.97 Å². The normalized spacial score (nSPS) is 12.7. The van der Waals surface area contributed by atoms with E-state index in [-0.39, 0.29) is 5.92 Å². The van der Waals surface area contributed by atoms with Gasteiger partial charge in [-0.1, -0.05) is 32.8 Å². The van der Waals surface area contributed by atoms with Crippen LogP contribution in [0, 0.1) is 11.8 Å². The number of carbonyl (C=O) groups is 1. The van der Waals surface area contributed by atoms with E-state index in [4.69, 9.17) is 5.11 Å². The van der Waals surface area contributed by atoms with Crippen molar-refractivity contribution in [2.75, 3.05) is 0 Å². The molecule has 0 aromatic heterocycles. The van der Waals surface area contributed by atoms with Crippen molar-refractivity contribution in [2.24, 2.45) is 11.8 Å². The lowest BCUT2D eigenvalue weighted by molar-refractivity contribution is -0.142. The second-order valence-electron chi connectivity index (χ2n) is 4.59. The van der Waals surface area contributed by atoms with E-state index in [0.29, 0.717) is 5.92 Å². The Balaban J connectivity index is 3.66. The van der Waals surface area contributed by atoms with Crippen molar-refractivity contribution in [3.05, 3.63) is 12.7 Å². The average Bonchev–Trinajstić information content (AvgIpc) is 2.15. The largest absolute Gasteiger partial charge is 0.481 e. The van der Waals surface area contributed by atoms with Gasteiger partial charge in [0.1, 0.15) is 0 Å². The first-order valence-electron chi connectivity index (χ1n) is 5.91. The van der Waals surface area contributed by atoms with Crippen LogP contribution in [-0.4, -0.2) is 11.1 Å². The van der Waals surface area contributed by atoms with E-state index < -0.39 is 5.97 Å². The molecule has 0 amide bonds. The smallest absolute Gasteiger partial charge is 0.306 e. The van der Waals surface area contributed by atoms with E-state index in [0.717, 1.165) is 38.5 Å². The first-order chi connectivity index (χ1) is 7.07. The minimum absolute atomic E-state index is 0.145. The maximum Gasteiger partial charge on any atom is 0.306 e. The molecule has 1 unspecified atom stereocenters. The van der Waals surface area contributed by atoms with Crippen LogP contribution in [0.3, 0.4) is 0 Å². The topological polar surface area (TPSA) is 37.3 Å². The molecular weight excluding hydrogens is 188 g/mol. The van der Waals surface area contributed by atoms with Crippen molar-refractivity contribution < 1.29 is 9.90 Å². The minimum Gasteiger partial charge on any atom is -0.481 e. The number of carboxylic acids is 1. The van der Waals surface area contributed by atoms with Crippen molar-refractivity contribution >= 4 is 5.97 Å². The van der Waals surface area contributed by atoms with Crippen LogP contribution in [0.1, 0.15) is 52.4 Å². The van der Waals surface area contributed by atoms with E-state index in [1.807, 2.05) is 6.08 Å². The second kappa shape index (κ2) is 8.51. The number of hydrogen-bond donors (Lipinski definition) is 1. The van der Waals surface area contributed by atoms with Gasteiger partial charge in [0.25, 0.3) is 0 Å². The molecule has 0 spiro atoms. The number of hydrogen-bond acceptors (Lipinski definition) is 1. The third kappa shape index (κ3) is 8.22. The summed E-state index contributed by atoms with van der Waals surface area (Å²) in [6.45, 7) is 7.82. The van der Waals surface area contributed by atoms with Crippen molar-refractivity contribution in [3.8, 4) is 0 Å². The molecule has 0 fully saturated rings. The lowest BCUT2D eigenvalue weighted by atomic mass is 9.92. The minimum atomic E-state index is -0.632. The molecule has 2 heteroatoms. The SMILES string of the molecule is C=CCCCCCC(CC(C)C)C(=O)O. The monoisotopic (exact) mass is 212 g/mol. The predicted molar refractivity (Wildman–Crippen MR) is 63.9 cm³/mol. The Labute approximate surface area is 93.4 Å². The molecule has 2 nitrogen and oxygen atoms in total. The first-order valence-corrected chi connectivity index (χ1v) is 5.91. The summed E-state index contributed by atoms with van der Waals surface area (Å²) >= 11 is 0. The van der Waals surface area contributed by atoms with Gasteiger partial charge in [-0.3, -0.25) is 4.79 Å². The summed E-state index contributed by atoms with van der Waals surface area (Å²) in [5.74, 6) is -0.305. The molecule has 0 aliphatic heterocycles. The fourth-order valence-electron chi connectivity index (χ4n) is 1.77. The highest BCUT2D eigenvalue weighted by Gasteiger charge is 2.17. The standard InChI is InChI=1S/C13H24O2/c1-4-5-6-7-8-9-12(13(14)15)10-11(2)3/h4,11-12H,1,5-10H2,2-3H3,(H,14,15). The van der Waals surface area contributed by atoms with Gasteiger partial charge in [0, 0.05) is 0 Å². The van der Waals surface area contributed by atoms with Crippen LogP contribution < -0.4 is 0 Å². The molecule has 0 rings (SSSR count). The maximum absolute atomic E-state index is 10.9. The van der Waals surface area contributed by atoms with E-state index in [2.05, 4.69) is 20.4 Å². The number of carboxylic acid groups (broad SMARTS) is 1. The van der Waals surface area contributed by atoms with E-state index >= 15 is 0 Å². The molecule has 0 aromatic carbocycles. The van der Waals surface area contributed by atoms with Gasteiger partial charge < -0.3 is 5.11 Å². The van der Waals surface area contributed by atoms with Crippen molar-refractivity contribution in [1.82, 2.24) is 0 Å². The Hall–Kier alpha value is -0.790. The quantitative estimate of drug-likeness (QED) is 0.465. The third-order valence-corrected chi connectivity index (χ3v) is 2.57. The van der Waals surface area contributed by atoms with Crippen molar-refractivity contribution in [1.29, 1.82) is 0 Å². The van der Waals surface area contributed by atoms with Crippen molar-refractivity contribution in [3.63, 3.8) is 0 Å². The Bertz CT molecular complexity index is 185. The van der Waals surface area contributed by atoms with Crippen LogP contribution in [0.15, 0.2) is 12.7 Å². The Morgan fingerprint density at radius 3 is 2.47 bits per heavy atom. The Morgan fingerprint density at radius 1 is 1.33 bits per heavy atom. The molecular formula is C13H24O2.